The van der Waals surface area contributed by atoms with Crippen molar-refractivity contribution < 1.29 is 17.6 Å². The van der Waals surface area contributed by atoms with Crippen LogP contribution in [-0.2, 0) is 21.2 Å². The van der Waals surface area contributed by atoms with Gasteiger partial charge >= 0.3 is 0 Å². The van der Waals surface area contributed by atoms with Crippen LogP contribution in [0.15, 0.2) is 48.5 Å². The number of hydrogen-bond acceptors (Lipinski definition) is 3. The van der Waals surface area contributed by atoms with Crippen LogP contribution in [0.4, 0.5) is 10.1 Å². The van der Waals surface area contributed by atoms with Crippen molar-refractivity contribution in [3.05, 3.63) is 64.9 Å². The topological polar surface area (TPSA) is 75.3 Å². The average molecular weight is 399 g/mol. The Bertz CT molecular complexity index is 857. The molecule has 0 saturated heterocycles. The molecule has 0 aliphatic carbocycles. The lowest BCUT2D eigenvalue weighted by Crippen LogP contribution is -2.35. The fourth-order valence-corrected chi connectivity index (χ4v) is 3.84. The standard InChI is InChI=1S/C18H20ClFN2O3S/c1-13(12-26(24,25)22-17-4-2-3-16(20)11-17)18(23)21-10-9-14-5-7-15(19)8-6-14/h2-8,11,13,22H,9-10,12H2,1H3,(H,21,23). The van der Waals surface area contributed by atoms with E-state index < -0.39 is 27.5 Å². The molecule has 0 aliphatic heterocycles. The van der Waals surface area contributed by atoms with Crippen molar-refractivity contribution in [3.8, 4) is 0 Å². The minimum absolute atomic E-state index is 0.125. The third-order valence-corrected chi connectivity index (χ3v) is 5.38. The Kier molecular flexibility index (Phi) is 6.99. The third-order valence-electron chi connectivity index (χ3n) is 3.64. The van der Waals surface area contributed by atoms with Gasteiger partial charge in [0.2, 0.25) is 15.9 Å². The van der Waals surface area contributed by atoms with Crippen molar-refractivity contribution in [2.75, 3.05) is 17.0 Å². The van der Waals surface area contributed by atoms with Gasteiger partial charge in [-0.05, 0) is 42.3 Å². The van der Waals surface area contributed by atoms with Crippen molar-refractivity contribution in [1.82, 2.24) is 5.32 Å². The summed E-state index contributed by atoms with van der Waals surface area (Å²) in [6, 6.07) is 12.4. The Morgan fingerprint density at radius 3 is 2.54 bits per heavy atom. The number of carbonyl (C=O) groups excluding carboxylic acids is 1. The summed E-state index contributed by atoms with van der Waals surface area (Å²) in [5, 5.41) is 3.36. The number of benzene rings is 2. The summed E-state index contributed by atoms with van der Waals surface area (Å²) in [6.45, 7) is 1.92. The zero-order chi connectivity index (χ0) is 19.2. The van der Waals surface area contributed by atoms with Crippen LogP contribution in [0.3, 0.4) is 0 Å². The summed E-state index contributed by atoms with van der Waals surface area (Å²) in [5.74, 6) is -2.04. The molecule has 2 N–H and O–H groups in total. The molecule has 1 atom stereocenters. The van der Waals surface area contributed by atoms with E-state index in [4.69, 9.17) is 11.6 Å². The molecule has 0 saturated carbocycles. The van der Waals surface area contributed by atoms with Gasteiger partial charge in [0.1, 0.15) is 5.82 Å². The van der Waals surface area contributed by atoms with Gasteiger partial charge in [0.05, 0.1) is 17.4 Å². The molecule has 1 amide bonds. The zero-order valence-corrected chi connectivity index (χ0v) is 15.8. The van der Waals surface area contributed by atoms with Gasteiger partial charge in [-0.3, -0.25) is 9.52 Å². The highest BCUT2D eigenvalue weighted by Crippen LogP contribution is 2.13. The molecule has 0 fully saturated rings. The van der Waals surface area contributed by atoms with E-state index in [1.165, 1.54) is 25.1 Å². The third kappa shape index (κ3) is 6.65. The maximum absolute atomic E-state index is 13.1. The van der Waals surface area contributed by atoms with E-state index in [0.29, 0.717) is 18.0 Å². The summed E-state index contributed by atoms with van der Waals surface area (Å²) in [5.41, 5.74) is 1.14. The van der Waals surface area contributed by atoms with Gasteiger partial charge in [0, 0.05) is 11.6 Å². The molecule has 0 spiro atoms. The second-order valence-electron chi connectivity index (χ2n) is 5.96. The summed E-state index contributed by atoms with van der Waals surface area (Å²) < 4.78 is 39.7. The zero-order valence-electron chi connectivity index (χ0n) is 14.2. The second-order valence-corrected chi connectivity index (χ2v) is 8.17. The molecule has 0 aliphatic rings. The lowest BCUT2D eigenvalue weighted by molar-refractivity contribution is -0.123. The molecule has 2 aromatic carbocycles. The maximum Gasteiger partial charge on any atom is 0.233 e. The van der Waals surface area contributed by atoms with Gasteiger partial charge in [0.25, 0.3) is 0 Å². The van der Waals surface area contributed by atoms with Crippen LogP contribution in [0.25, 0.3) is 0 Å². The Balaban J connectivity index is 1.82. The van der Waals surface area contributed by atoms with E-state index in [-0.39, 0.29) is 11.6 Å². The monoisotopic (exact) mass is 398 g/mol. The number of halogens is 2. The van der Waals surface area contributed by atoms with E-state index in [9.17, 15) is 17.6 Å². The number of nitrogens with one attached hydrogen (secondary N) is 2. The van der Waals surface area contributed by atoms with Gasteiger partial charge in [-0.25, -0.2) is 12.8 Å². The Morgan fingerprint density at radius 1 is 1.19 bits per heavy atom. The smallest absolute Gasteiger partial charge is 0.233 e. The van der Waals surface area contributed by atoms with E-state index in [1.54, 1.807) is 12.1 Å². The highest BCUT2D eigenvalue weighted by atomic mass is 35.5. The largest absolute Gasteiger partial charge is 0.356 e. The van der Waals surface area contributed by atoms with Crippen LogP contribution < -0.4 is 10.0 Å². The first-order chi connectivity index (χ1) is 12.2. The quantitative estimate of drug-likeness (QED) is 0.716. The first-order valence-corrected chi connectivity index (χ1v) is 10.1. The Labute approximate surface area is 157 Å². The number of amides is 1. The molecule has 1 unspecified atom stereocenters. The van der Waals surface area contributed by atoms with E-state index >= 15 is 0 Å². The SMILES string of the molecule is CC(CS(=O)(=O)Nc1cccc(F)c1)C(=O)NCCc1ccc(Cl)cc1. The number of rotatable bonds is 8. The lowest BCUT2D eigenvalue weighted by atomic mass is 10.1. The number of sulfonamides is 1. The van der Waals surface area contributed by atoms with Gasteiger partial charge in [-0.2, -0.15) is 0 Å². The molecule has 140 valence electrons. The predicted molar refractivity (Wildman–Crippen MR) is 101 cm³/mol. The van der Waals surface area contributed by atoms with Crippen LogP contribution in [0, 0.1) is 11.7 Å². The Hall–Kier alpha value is -2.12. The first kappa shape index (κ1) is 20.2. The van der Waals surface area contributed by atoms with Crippen LogP contribution in [-0.4, -0.2) is 26.6 Å². The molecule has 2 rings (SSSR count). The van der Waals surface area contributed by atoms with Crippen LogP contribution in [0.5, 0.6) is 0 Å². The molecule has 26 heavy (non-hydrogen) atoms. The molecular formula is C18H20ClFN2O3S. The van der Waals surface area contributed by atoms with Crippen molar-refractivity contribution in [2.24, 2.45) is 5.92 Å². The molecule has 0 heterocycles. The molecule has 5 nitrogen and oxygen atoms in total. The minimum atomic E-state index is -3.77. The van der Waals surface area contributed by atoms with Gasteiger partial charge < -0.3 is 5.32 Å². The van der Waals surface area contributed by atoms with Gasteiger partial charge in [0.15, 0.2) is 0 Å². The summed E-state index contributed by atoms with van der Waals surface area (Å²) in [7, 11) is -3.77. The fourth-order valence-electron chi connectivity index (χ4n) is 2.33. The maximum atomic E-state index is 13.1. The summed E-state index contributed by atoms with van der Waals surface area (Å²) >= 11 is 5.81. The van der Waals surface area contributed by atoms with Crippen molar-refractivity contribution in [3.63, 3.8) is 0 Å². The van der Waals surface area contributed by atoms with Crippen LogP contribution in [0.2, 0.25) is 5.02 Å². The predicted octanol–water partition coefficient (Wildman–Crippen LogP) is 3.22. The summed E-state index contributed by atoms with van der Waals surface area (Å²) in [4.78, 5) is 12.1. The van der Waals surface area contributed by atoms with Crippen molar-refractivity contribution in [2.45, 2.75) is 13.3 Å². The van der Waals surface area contributed by atoms with Crippen molar-refractivity contribution >= 4 is 33.2 Å². The minimum Gasteiger partial charge on any atom is -0.356 e. The highest BCUT2D eigenvalue weighted by molar-refractivity contribution is 7.92. The number of anilines is 1. The molecule has 8 heteroatoms. The normalized spacial score (nSPS) is 12.4. The van der Waals surface area contributed by atoms with Crippen molar-refractivity contribution in [1.29, 1.82) is 0 Å². The molecular weight excluding hydrogens is 379 g/mol. The van der Waals surface area contributed by atoms with Crippen LogP contribution in [0.1, 0.15) is 12.5 Å². The fraction of sp³-hybridized carbons (Fsp3) is 0.278. The molecule has 0 bridgehead atoms. The molecule has 2 aromatic rings. The molecule has 0 radical (unpaired) electrons. The Morgan fingerprint density at radius 2 is 1.88 bits per heavy atom. The van der Waals surface area contributed by atoms with E-state index in [0.717, 1.165) is 11.6 Å². The highest BCUT2D eigenvalue weighted by Gasteiger charge is 2.21. The van der Waals surface area contributed by atoms with E-state index in [1.807, 2.05) is 12.1 Å². The average Bonchev–Trinajstić information content (AvgIpc) is 2.55. The molecule has 0 aromatic heterocycles. The first-order valence-electron chi connectivity index (χ1n) is 8.03. The lowest BCUT2D eigenvalue weighted by Gasteiger charge is -2.14. The van der Waals surface area contributed by atoms with Crippen LogP contribution >= 0.6 is 11.6 Å². The number of hydrogen-bond donors (Lipinski definition) is 2. The van der Waals surface area contributed by atoms with Gasteiger partial charge in [-0.15, -0.1) is 0 Å². The summed E-state index contributed by atoms with van der Waals surface area (Å²) in [6.07, 6.45) is 0.615. The number of carbonyl (C=O) groups is 1. The van der Waals surface area contributed by atoms with Gasteiger partial charge in [-0.1, -0.05) is 36.7 Å². The van der Waals surface area contributed by atoms with E-state index in [2.05, 4.69) is 10.0 Å². The second kappa shape index (κ2) is 9.00.